The summed E-state index contributed by atoms with van der Waals surface area (Å²) in [6, 6.07) is 24.9. The predicted molar refractivity (Wildman–Crippen MR) is 121 cm³/mol. The Bertz CT molecular complexity index is 1020. The third-order valence-corrected chi connectivity index (χ3v) is 4.87. The molecule has 0 aliphatic rings. The van der Waals surface area contributed by atoms with Crippen LogP contribution in [0.3, 0.4) is 0 Å². The summed E-state index contributed by atoms with van der Waals surface area (Å²) in [6.07, 6.45) is 2.96. The van der Waals surface area contributed by atoms with Crippen LogP contribution >= 0.6 is 0 Å². The second kappa shape index (κ2) is 10.2. The summed E-state index contributed by atoms with van der Waals surface area (Å²) in [5.41, 5.74) is 4.32. The fourth-order valence-corrected chi connectivity index (χ4v) is 3.27. The number of benzene rings is 3. The van der Waals surface area contributed by atoms with Crippen LogP contribution < -0.4 is 9.64 Å². The molecule has 4 heteroatoms. The zero-order valence-electron chi connectivity index (χ0n) is 17.2. The largest absolute Gasteiger partial charge is 0.451 e. The van der Waals surface area contributed by atoms with Gasteiger partial charge in [0.2, 0.25) is 0 Å². The highest BCUT2D eigenvalue weighted by Gasteiger charge is 2.15. The first-order valence-corrected chi connectivity index (χ1v) is 9.84. The minimum absolute atomic E-state index is 0.277. The number of aldehydes is 2. The molecule has 0 aromatic heterocycles. The van der Waals surface area contributed by atoms with Gasteiger partial charge in [-0.3, -0.25) is 9.59 Å². The van der Waals surface area contributed by atoms with E-state index >= 15 is 0 Å². The summed E-state index contributed by atoms with van der Waals surface area (Å²) in [6.45, 7) is 0. The first-order chi connectivity index (χ1) is 14.6. The van der Waals surface area contributed by atoms with Gasteiger partial charge in [0.25, 0.3) is 0 Å². The van der Waals surface area contributed by atoms with Gasteiger partial charge in [-0.1, -0.05) is 66.7 Å². The molecule has 0 aliphatic carbocycles. The van der Waals surface area contributed by atoms with Crippen molar-refractivity contribution in [2.24, 2.45) is 0 Å². The molecule has 0 atom stereocenters. The minimum atomic E-state index is 0.277. The van der Waals surface area contributed by atoms with Gasteiger partial charge < -0.3 is 9.64 Å². The van der Waals surface area contributed by atoms with Crippen LogP contribution in [0.4, 0.5) is 5.69 Å². The van der Waals surface area contributed by atoms with Crippen molar-refractivity contribution in [3.63, 3.8) is 0 Å². The molecule has 0 fully saturated rings. The molecule has 0 N–H and O–H groups in total. The third kappa shape index (κ3) is 5.23. The minimum Gasteiger partial charge on any atom is -0.451 e. The lowest BCUT2D eigenvalue weighted by molar-refractivity contribution is -0.106. The van der Waals surface area contributed by atoms with Crippen molar-refractivity contribution in [1.29, 1.82) is 0 Å². The van der Waals surface area contributed by atoms with E-state index in [1.165, 1.54) is 5.56 Å². The normalized spacial score (nSPS) is 11.4. The van der Waals surface area contributed by atoms with Gasteiger partial charge in [0.05, 0.1) is 5.69 Å². The summed E-state index contributed by atoms with van der Waals surface area (Å²) >= 11 is 0. The molecule has 3 rings (SSSR count). The number of carbonyl (C=O) groups is 2. The van der Waals surface area contributed by atoms with Crippen molar-refractivity contribution in [3.05, 3.63) is 101 Å². The van der Waals surface area contributed by atoms with Crippen molar-refractivity contribution in [2.45, 2.75) is 12.8 Å². The first-order valence-electron chi connectivity index (χ1n) is 9.84. The highest BCUT2D eigenvalue weighted by molar-refractivity contribution is 5.87. The molecule has 0 bridgehead atoms. The summed E-state index contributed by atoms with van der Waals surface area (Å²) in [5, 5.41) is 0. The average molecular weight is 399 g/mol. The van der Waals surface area contributed by atoms with Gasteiger partial charge >= 0.3 is 0 Å². The van der Waals surface area contributed by atoms with Gasteiger partial charge in [-0.05, 0) is 36.1 Å². The van der Waals surface area contributed by atoms with Gasteiger partial charge in [-0.25, -0.2) is 0 Å². The molecule has 3 aromatic carbocycles. The number of carbonyl (C=O) groups excluding carboxylic acids is 2. The van der Waals surface area contributed by atoms with Crippen molar-refractivity contribution < 1.29 is 14.3 Å². The Hall–Kier alpha value is -3.66. The van der Waals surface area contributed by atoms with E-state index in [2.05, 4.69) is 12.1 Å². The van der Waals surface area contributed by atoms with Crippen molar-refractivity contribution in [3.8, 4) is 5.75 Å². The number of rotatable bonds is 9. The molecule has 0 aliphatic heterocycles. The van der Waals surface area contributed by atoms with Gasteiger partial charge in [-0.15, -0.1) is 0 Å². The lowest BCUT2D eigenvalue weighted by Crippen LogP contribution is -2.11. The third-order valence-electron chi connectivity index (χ3n) is 4.87. The molecule has 0 heterocycles. The van der Waals surface area contributed by atoms with Gasteiger partial charge in [0.1, 0.15) is 6.29 Å². The van der Waals surface area contributed by atoms with Crippen LogP contribution in [0.1, 0.15) is 27.9 Å². The number of aryl methyl sites for hydroxylation is 1. The van der Waals surface area contributed by atoms with E-state index in [4.69, 9.17) is 4.74 Å². The maximum atomic E-state index is 12.1. The standard InChI is InChI=1S/C26H25NO3/c1-27(2)24-10-6-7-11-25(24)30-26(19-29)23(17-14-20-8-4-3-5-9-20)22-15-12-21(18-28)13-16-22/h3-13,15-16,18-19H,14,17H2,1-2H3/b26-23-. The average Bonchev–Trinajstić information content (AvgIpc) is 2.79. The number of allylic oxidation sites excluding steroid dienone is 2. The van der Waals surface area contributed by atoms with E-state index in [-0.39, 0.29) is 5.76 Å². The van der Waals surface area contributed by atoms with Crippen LogP contribution in [0.15, 0.2) is 84.6 Å². The van der Waals surface area contributed by atoms with Crippen LogP contribution in [-0.4, -0.2) is 26.7 Å². The van der Waals surface area contributed by atoms with Crippen LogP contribution in [0.25, 0.3) is 5.57 Å². The molecule has 0 saturated heterocycles. The predicted octanol–water partition coefficient (Wildman–Crippen LogP) is 5.19. The summed E-state index contributed by atoms with van der Waals surface area (Å²) < 4.78 is 6.12. The van der Waals surface area contributed by atoms with E-state index in [1.807, 2.05) is 73.6 Å². The quantitative estimate of drug-likeness (QED) is 0.282. The number of hydrogen-bond acceptors (Lipinski definition) is 4. The number of ether oxygens (including phenoxy) is 1. The van der Waals surface area contributed by atoms with Crippen molar-refractivity contribution in [1.82, 2.24) is 0 Å². The molecule has 0 radical (unpaired) electrons. The second-order valence-electron chi connectivity index (χ2n) is 7.15. The number of para-hydroxylation sites is 2. The monoisotopic (exact) mass is 399 g/mol. The number of hydrogen-bond donors (Lipinski definition) is 0. The fourth-order valence-electron chi connectivity index (χ4n) is 3.27. The van der Waals surface area contributed by atoms with Crippen molar-refractivity contribution >= 4 is 23.8 Å². The first kappa shape index (κ1) is 21.1. The van der Waals surface area contributed by atoms with E-state index < -0.39 is 0 Å². The zero-order chi connectivity index (χ0) is 21.3. The zero-order valence-corrected chi connectivity index (χ0v) is 17.2. The molecule has 4 nitrogen and oxygen atoms in total. The summed E-state index contributed by atoms with van der Waals surface area (Å²) in [4.78, 5) is 25.1. The summed E-state index contributed by atoms with van der Waals surface area (Å²) in [7, 11) is 3.86. The Balaban J connectivity index is 2.01. The van der Waals surface area contributed by atoms with Gasteiger partial charge in [0, 0.05) is 25.2 Å². The Morgan fingerprint density at radius 3 is 2.17 bits per heavy atom. The molecular formula is C26H25NO3. The highest BCUT2D eigenvalue weighted by Crippen LogP contribution is 2.31. The number of nitrogens with zero attached hydrogens (tertiary/aromatic N) is 1. The Morgan fingerprint density at radius 2 is 1.53 bits per heavy atom. The Labute approximate surface area is 177 Å². The van der Waals surface area contributed by atoms with E-state index in [0.29, 0.717) is 17.7 Å². The molecule has 0 spiro atoms. The Morgan fingerprint density at radius 1 is 0.867 bits per heavy atom. The second-order valence-corrected chi connectivity index (χ2v) is 7.15. The van der Waals surface area contributed by atoms with E-state index in [9.17, 15) is 9.59 Å². The van der Waals surface area contributed by atoms with Crippen LogP contribution in [0.5, 0.6) is 5.75 Å². The Kier molecular flexibility index (Phi) is 7.17. The molecule has 30 heavy (non-hydrogen) atoms. The maximum absolute atomic E-state index is 12.1. The van der Waals surface area contributed by atoms with Crippen LogP contribution in [0, 0.1) is 0 Å². The maximum Gasteiger partial charge on any atom is 0.185 e. The van der Waals surface area contributed by atoms with E-state index in [1.54, 1.807) is 12.1 Å². The number of anilines is 1. The van der Waals surface area contributed by atoms with E-state index in [0.717, 1.165) is 35.8 Å². The topological polar surface area (TPSA) is 46.6 Å². The van der Waals surface area contributed by atoms with Gasteiger partial charge in [-0.2, -0.15) is 0 Å². The van der Waals surface area contributed by atoms with Crippen LogP contribution in [0.2, 0.25) is 0 Å². The fraction of sp³-hybridized carbons (Fsp3) is 0.154. The molecule has 0 amide bonds. The SMILES string of the molecule is CN(C)c1ccccc1O/C(C=O)=C(/CCc1ccccc1)c1ccc(C=O)cc1. The molecule has 152 valence electrons. The smallest absolute Gasteiger partial charge is 0.185 e. The lowest BCUT2D eigenvalue weighted by Gasteiger charge is -2.19. The molecular weight excluding hydrogens is 374 g/mol. The molecule has 0 unspecified atom stereocenters. The summed E-state index contributed by atoms with van der Waals surface area (Å²) in [5.74, 6) is 0.894. The van der Waals surface area contributed by atoms with Crippen LogP contribution in [-0.2, 0) is 11.2 Å². The van der Waals surface area contributed by atoms with Gasteiger partial charge in [0.15, 0.2) is 17.8 Å². The molecule has 0 saturated carbocycles. The van der Waals surface area contributed by atoms with Crippen molar-refractivity contribution in [2.75, 3.05) is 19.0 Å². The molecule has 3 aromatic rings. The lowest BCUT2D eigenvalue weighted by atomic mass is 9.96. The highest BCUT2D eigenvalue weighted by atomic mass is 16.5.